The lowest BCUT2D eigenvalue weighted by molar-refractivity contribution is -0.139. The molecule has 1 aromatic carbocycles. The highest BCUT2D eigenvalue weighted by Crippen LogP contribution is 2.40. The summed E-state index contributed by atoms with van der Waals surface area (Å²) < 4.78 is 10.6. The third-order valence-corrected chi connectivity index (χ3v) is 3.78. The second-order valence-corrected chi connectivity index (χ2v) is 4.73. The summed E-state index contributed by atoms with van der Waals surface area (Å²) >= 11 is 1.68. The molecule has 0 radical (unpaired) electrons. The van der Waals surface area contributed by atoms with Gasteiger partial charge in [-0.15, -0.1) is 11.8 Å². The Kier molecular flexibility index (Phi) is 2.36. The maximum Gasteiger partial charge on any atom is 0.374 e. The lowest BCUT2D eigenvalue weighted by atomic mass is 10.2. The Morgan fingerprint density at radius 2 is 2.06 bits per heavy atom. The molecule has 16 heavy (non-hydrogen) atoms. The molecule has 2 heterocycles. The fourth-order valence-electron chi connectivity index (χ4n) is 1.76. The van der Waals surface area contributed by atoms with Crippen molar-refractivity contribution in [1.29, 1.82) is 0 Å². The average Bonchev–Trinajstić information content (AvgIpc) is 2.72. The monoisotopic (exact) mass is 234 g/mol. The molecule has 1 atom stereocenters. The van der Waals surface area contributed by atoms with Crippen LogP contribution in [0.5, 0.6) is 0 Å². The van der Waals surface area contributed by atoms with Crippen molar-refractivity contribution in [3.8, 4) is 0 Å². The Morgan fingerprint density at radius 1 is 1.25 bits per heavy atom. The normalized spacial score (nSPS) is 23.8. The van der Waals surface area contributed by atoms with Gasteiger partial charge in [-0.2, -0.15) is 0 Å². The van der Waals surface area contributed by atoms with Crippen molar-refractivity contribution < 1.29 is 14.3 Å². The zero-order valence-electron chi connectivity index (χ0n) is 8.51. The highest BCUT2D eigenvalue weighted by Gasteiger charge is 2.33. The Morgan fingerprint density at radius 3 is 2.88 bits per heavy atom. The number of esters is 1. The Balaban J connectivity index is 1.85. The van der Waals surface area contributed by atoms with Crippen LogP contribution in [0.25, 0.3) is 0 Å². The molecule has 0 saturated carbocycles. The smallest absolute Gasteiger partial charge is 0.374 e. The maximum atomic E-state index is 11.4. The van der Waals surface area contributed by atoms with Gasteiger partial charge in [0, 0.05) is 16.9 Å². The second kappa shape index (κ2) is 3.87. The van der Waals surface area contributed by atoms with Gasteiger partial charge in [0.2, 0.25) is 5.76 Å². The quantitative estimate of drug-likeness (QED) is 0.698. The van der Waals surface area contributed by atoms with Gasteiger partial charge < -0.3 is 9.47 Å². The third-order valence-electron chi connectivity index (χ3n) is 2.59. The van der Waals surface area contributed by atoms with Crippen molar-refractivity contribution in [2.75, 3.05) is 12.4 Å². The highest BCUT2D eigenvalue weighted by molar-refractivity contribution is 7.99. The summed E-state index contributed by atoms with van der Waals surface area (Å²) in [6.45, 7) is 0.392. The molecule has 0 bridgehead atoms. The van der Waals surface area contributed by atoms with Gasteiger partial charge in [-0.3, -0.25) is 0 Å². The predicted molar refractivity (Wildman–Crippen MR) is 60.7 cm³/mol. The van der Waals surface area contributed by atoms with E-state index in [9.17, 15) is 4.79 Å². The van der Waals surface area contributed by atoms with Gasteiger partial charge in [-0.25, -0.2) is 4.79 Å². The van der Waals surface area contributed by atoms with Crippen molar-refractivity contribution in [1.82, 2.24) is 0 Å². The zero-order chi connectivity index (χ0) is 11.0. The standard InChI is InChI=1S/C12H10O3S/c13-11-10-9(6-14-11)7-16-12(15-10)8-4-2-1-3-5-8/h1-5,12H,6-7H2. The lowest BCUT2D eigenvalue weighted by Gasteiger charge is -2.23. The van der Waals surface area contributed by atoms with Gasteiger partial charge in [0.05, 0.1) is 0 Å². The minimum absolute atomic E-state index is 0.0920. The van der Waals surface area contributed by atoms with Crippen molar-refractivity contribution in [2.24, 2.45) is 0 Å². The van der Waals surface area contributed by atoms with E-state index in [1.165, 1.54) is 0 Å². The Hall–Kier alpha value is -1.42. The van der Waals surface area contributed by atoms with Gasteiger partial charge in [-0.1, -0.05) is 30.3 Å². The Labute approximate surface area is 97.4 Å². The lowest BCUT2D eigenvalue weighted by Crippen LogP contribution is -2.12. The summed E-state index contributed by atoms with van der Waals surface area (Å²) in [5.41, 5.74) is 1.96. The molecule has 0 amide bonds. The summed E-state index contributed by atoms with van der Waals surface area (Å²) in [6, 6.07) is 9.91. The number of ether oxygens (including phenoxy) is 2. The molecule has 3 rings (SSSR count). The van der Waals surface area contributed by atoms with Crippen LogP contribution in [0.2, 0.25) is 0 Å². The molecule has 1 unspecified atom stereocenters. The molecule has 0 spiro atoms. The topological polar surface area (TPSA) is 35.5 Å². The van der Waals surface area contributed by atoms with Gasteiger partial charge in [0.15, 0.2) is 5.44 Å². The van der Waals surface area contributed by atoms with E-state index in [0.717, 1.165) is 16.9 Å². The van der Waals surface area contributed by atoms with Crippen molar-refractivity contribution in [2.45, 2.75) is 5.44 Å². The van der Waals surface area contributed by atoms with Crippen LogP contribution >= 0.6 is 11.8 Å². The molecule has 0 N–H and O–H groups in total. The molecule has 3 nitrogen and oxygen atoms in total. The molecule has 82 valence electrons. The second-order valence-electron chi connectivity index (χ2n) is 3.68. The zero-order valence-corrected chi connectivity index (χ0v) is 9.33. The van der Waals surface area contributed by atoms with Crippen LogP contribution in [0, 0.1) is 0 Å². The molecule has 0 saturated heterocycles. The molecule has 1 aromatic rings. The van der Waals surface area contributed by atoms with E-state index in [2.05, 4.69) is 0 Å². The predicted octanol–water partition coefficient (Wildman–Crippen LogP) is 2.26. The van der Waals surface area contributed by atoms with Crippen LogP contribution in [0.15, 0.2) is 41.7 Å². The molecule has 4 heteroatoms. The number of thioether (sulfide) groups is 1. The van der Waals surface area contributed by atoms with E-state index in [1.54, 1.807) is 11.8 Å². The highest BCUT2D eigenvalue weighted by atomic mass is 32.2. The number of carbonyl (C=O) groups is 1. The molecular weight excluding hydrogens is 224 g/mol. The van der Waals surface area contributed by atoms with E-state index < -0.39 is 0 Å². The van der Waals surface area contributed by atoms with Crippen LogP contribution in [0.1, 0.15) is 11.0 Å². The fraction of sp³-hybridized carbons (Fsp3) is 0.250. The molecule has 2 aliphatic heterocycles. The summed E-state index contributed by atoms with van der Waals surface area (Å²) in [5.74, 6) is 0.907. The van der Waals surface area contributed by atoms with Gasteiger partial charge in [0.25, 0.3) is 0 Å². The van der Waals surface area contributed by atoms with Crippen LogP contribution in [-0.2, 0) is 14.3 Å². The number of rotatable bonds is 1. The number of hydrogen-bond donors (Lipinski definition) is 0. The summed E-state index contributed by atoms with van der Waals surface area (Å²) in [6.07, 6.45) is 0. The molecule has 0 fully saturated rings. The maximum absolute atomic E-state index is 11.4. The third kappa shape index (κ3) is 1.59. The van der Waals surface area contributed by atoms with E-state index in [-0.39, 0.29) is 11.4 Å². The first kappa shape index (κ1) is 9.78. The number of cyclic esters (lactones) is 1. The average molecular weight is 234 g/mol. The van der Waals surface area contributed by atoms with Crippen molar-refractivity contribution in [3.63, 3.8) is 0 Å². The molecule has 0 aromatic heterocycles. The largest absolute Gasteiger partial charge is 0.467 e. The first-order chi connectivity index (χ1) is 7.84. The van der Waals surface area contributed by atoms with Crippen LogP contribution < -0.4 is 0 Å². The Bertz CT molecular complexity index is 453. The number of benzene rings is 1. The molecular formula is C12H10O3S. The van der Waals surface area contributed by atoms with Gasteiger partial charge >= 0.3 is 5.97 Å². The van der Waals surface area contributed by atoms with Crippen LogP contribution in [0.4, 0.5) is 0 Å². The molecule has 0 aliphatic carbocycles. The minimum atomic E-state index is -0.323. The number of hydrogen-bond acceptors (Lipinski definition) is 4. The summed E-state index contributed by atoms with van der Waals surface area (Å²) in [4.78, 5) is 11.4. The first-order valence-corrected chi connectivity index (χ1v) is 6.12. The van der Waals surface area contributed by atoms with E-state index in [4.69, 9.17) is 9.47 Å². The SMILES string of the molecule is O=C1OCC2=C1OC(c1ccccc1)SC2. The van der Waals surface area contributed by atoms with Gasteiger partial charge in [-0.05, 0) is 0 Å². The van der Waals surface area contributed by atoms with E-state index >= 15 is 0 Å². The summed E-state index contributed by atoms with van der Waals surface area (Å²) in [5, 5.41) is 0. The van der Waals surface area contributed by atoms with Gasteiger partial charge in [0.1, 0.15) is 6.61 Å². The first-order valence-electron chi connectivity index (χ1n) is 5.07. The van der Waals surface area contributed by atoms with Crippen molar-refractivity contribution >= 4 is 17.7 Å². The van der Waals surface area contributed by atoms with E-state index in [0.29, 0.717) is 12.4 Å². The van der Waals surface area contributed by atoms with E-state index in [1.807, 2.05) is 30.3 Å². The fourth-order valence-corrected chi connectivity index (χ4v) is 2.84. The summed E-state index contributed by atoms with van der Waals surface area (Å²) in [7, 11) is 0. The van der Waals surface area contributed by atoms with Crippen LogP contribution in [-0.4, -0.2) is 18.3 Å². The van der Waals surface area contributed by atoms with Crippen molar-refractivity contribution in [3.05, 3.63) is 47.2 Å². The molecule has 2 aliphatic rings. The van der Waals surface area contributed by atoms with Crippen LogP contribution in [0.3, 0.4) is 0 Å². The number of carbonyl (C=O) groups excluding carboxylic acids is 1. The minimum Gasteiger partial charge on any atom is -0.467 e.